The van der Waals surface area contributed by atoms with Gasteiger partial charge in [-0.05, 0) is 46.5 Å². The lowest BCUT2D eigenvalue weighted by Crippen LogP contribution is -2.09. The summed E-state index contributed by atoms with van der Waals surface area (Å²) < 4.78 is 2.78. The summed E-state index contributed by atoms with van der Waals surface area (Å²) in [7, 11) is 0. The van der Waals surface area contributed by atoms with E-state index in [4.69, 9.17) is 0 Å². The van der Waals surface area contributed by atoms with Crippen molar-refractivity contribution in [1.29, 1.82) is 0 Å². The summed E-state index contributed by atoms with van der Waals surface area (Å²) >= 11 is 14.3. The van der Waals surface area contributed by atoms with Gasteiger partial charge in [-0.1, -0.05) is 88.0 Å². The van der Waals surface area contributed by atoms with Crippen LogP contribution in [0.5, 0.6) is 11.5 Å². The maximum absolute atomic E-state index is 11.1. The highest BCUT2D eigenvalue weighted by Crippen LogP contribution is 2.48. The fourth-order valence-electron chi connectivity index (χ4n) is 3.12. The van der Waals surface area contributed by atoms with Crippen molar-refractivity contribution in [3.8, 4) is 11.5 Å². The zero-order valence-corrected chi connectivity index (χ0v) is 20.4. The summed E-state index contributed by atoms with van der Waals surface area (Å²) in [6.07, 6.45) is 1.40. The minimum atomic E-state index is -0.338. The predicted octanol–water partition coefficient (Wildman–Crippen LogP) is 7.17. The molecule has 0 unspecified atom stereocenters. The summed E-state index contributed by atoms with van der Waals surface area (Å²) in [5.41, 5.74) is 3.31. The number of phenols is 2. The second-order valence-electron chi connectivity index (χ2n) is 5.97. The molecule has 0 atom stereocenters. The zero-order valence-electron chi connectivity index (χ0n) is 14.1. The summed E-state index contributed by atoms with van der Waals surface area (Å²) in [5, 5.41) is 19.9. The van der Waals surface area contributed by atoms with E-state index in [-0.39, 0.29) is 17.4 Å². The number of benzene rings is 3. The molecule has 0 saturated heterocycles. The Morgan fingerprint density at radius 2 is 1.21 bits per heavy atom. The second-order valence-corrected chi connectivity index (χ2v) is 9.39. The number of rotatable bonds is 4. The lowest BCUT2D eigenvalue weighted by molar-refractivity contribution is 0.474. The molecule has 0 aromatic heterocycles. The van der Waals surface area contributed by atoms with Crippen LogP contribution in [0.4, 0.5) is 0 Å². The van der Waals surface area contributed by atoms with Gasteiger partial charge >= 0.3 is 0 Å². The molecule has 3 nitrogen and oxygen atoms in total. The topological polar surface area (TPSA) is 57.5 Å². The maximum atomic E-state index is 11.1. The van der Waals surface area contributed by atoms with Crippen LogP contribution >= 0.6 is 63.7 Å². The van der Waals surface area contributed by atoms with E-state index in [0.29, 0.717) is 17.9 Å². The van der Waals surface area contributed by atoms with Crippen molar-refractivity contribution in [2.24, 2.45) is 0 Å². The molecule has 0 bridgehead atoms. The van der Waals surface area contributed by atoms with E-state index >= 15 is 0 Å². The minimum Gasteiger partial charge on any atom is -0.508 e. The highest BCUT2D eigenvalue weighted by atomic mass is 79.9. The molecule has 2 N–H and O–H groups in total. The van der Waals surface area contributed by atoms with Gasteiger partial charge in [-0.15, -0.1) is 0 Å². The molecule has 28 heavy (non-hydrogen) atoms. The van der Waals surface area contributed by atoms with E-state index in [0.717, 1.165) is 22.3 Å². The second kappa shape index (κ2) is 8.97. The van der Waals surface area contributed by atoms with E-state index in [9.17, 15) is 15.0 Å². The zero-order chi connectivity index (χ0) is 20.4. The minimum absolute atomic E-state index is 0.117. The molecule has 142 valence electrons. The molecule has 0 amide bonds. The van der Waals surface area contributed by atoms with Gasteiger partial charge in [-0.25, -0.2) is 4.79 Å². The summed E-state index contributed by atoms with van der Waals surface area (Å²) in [6, 6.07) is 14.0. The first-order chi connectivity index (χ1) is 13.3. The molecule has 3 aromatic carbocycles. The van der Waals surface area contributed by atoms with Crippen LogP contribution in [0.25, 0.3) is 6.08 Å². The van der Waals surface area contributed by atoms with Crippen LogP contribution in [0.2, 0.25) is 0 Å². The lowest BCUT2D eigenvalue weighted by atomic mass is 9.82. The molecule has 7 heteroatoms. The number of aromatic hydroxyl groups is 2. The molecular formula is C21H12Br4O3. The third-order valence-corrected chi connectivity index (χ3v) is 6.85. The molecule has 0 radical (unpaired) electrons. The van der Waals surface area contributed by atoms with Crippen molar-refractivity contribution in [3.05, 3.63) is 88.7 Å². The predicted molar refractivity (Wildman–Crippen MR) is 125 cm³/mol. The largest absolute Gasteiger partial charge is 0.508 e. The van der Waals surface area contributed by atoms with E-state index in [1.807, 2.05) is 30.2 Å². The normalized spacial score (nSPS) is 10.8. The third kappa shape index (κ3) is 4.29. The first-order valence-electron chi connectivity index (χ1n) is 7.99. The van der Waals surface area contributed by atoms with Crippen LogP contribution in [0.1, 0.15) is 28.2 Å². The Bertz CT molecular complexity index is 1000. The van der Waals surface area contributed by atoms with Crippen molar-refractivity contribution in [1.82, 2.24) is 0 Å². The van der Waals surface area contributed by atoms with E-state index in [1.165, 1.54) is 6.08 Å². The number of phenolic OH excluding ortho intramolecular Hbond substituents is 2. The van der Waals surface area contributed by atoms with Gasteiger partial charge in [0.05, 0.1) is 0 Å². The van der Waals surface area contributed by atoms with Crippen LogP contribution in [-0.2, 0) is 4.79 Å². The first-order valence-corrected chi connectivity index (χ1v) is 11.2. The number of halogens is 4. The van der Waals surface area contributed by atoms with Gasteiger partial charge in [0.1, 0.15) is 17.4 Å². The highest BCUT2D eigenvalue weighted by Gasteiger charge is 2.28. The van der Waals surface area contributed by atoms with Crippen molar-refractivity contribution in [2.45, 2.75) is 5.92 Å². The van der Waals surface area contributed by atoms with Gasteiger partial charge in [0, 0.05) is 29.9 Å². The molecule has 0 aliphatic heterocycles. The average molecular weight is 632 g/mol. The molecule has 0 heterocycles. The average Bonchev–Trinajstić information content (AvgIpc) is 2.59. The van der Waals surface area contributed by atoms with Gasteiger partial charge in [0.15, 0.2) is 0 Å². The van der Waals surface area contributed by atoms with Crippen molar-refractivity contribution >= 4 is 75.7 Å². The van der Waals surface area contributed by atoms with Crippen molar-refractivity contribution < 1.29 is 15.0 Å². The van der Waals surface area contributed by atoms with Crippen LogP contribution < -0.4 is 0 Å². The quantitative estimate of drug-likeness (QED) is 0.237. The van der Waals surface area contributed by atoms with Gasteiger partial charge in [-0.3, -0.25) is 0 Å². The summed E-state index contributed by atoms with van der Waals surface area (Å²) in [5.74, 6) is 1.75. The molecule has 0 aliphatic rings. The number of carbonyl (C=O) groups excluding carboxylic acids is 1. The van der Waals surface area contributed by atoms with Gasteiger partial charge in [-0.2, -0.15) is 0 Å². The van der Waals surface area contributed by atoms with E-state index in [1.54, 1.807) is 24.3 Å². The van der Waals surface area contributed by atoms with Gasteiger partial charge in [0.25, 0.3) is 0 Å². The standard InChI is InChI=1S/C21H12Br4O3/c22-15-7-12(27)8-16(23)20(15)19(14-4-2-1-3-11(14)5-6-26)21-17(24)9-13(28)10-18(21)25/h1-5,7-10,19,27-28H. The molecule has 3 rings (SSSR count). The molecule has 0 aliphatic carbocycles. The van der Waals surface area contributed by atoms with Crippen LogP contribution in [0.15, 0.2) is 66.4 Å². The molecule has 3 aromatic rings. The Morgan fingerprint density at radius 1 is 0.786 bits per heavy atom. The Hall–Kier alpha value is -1.37. The number of hydrogen-bond acceptors (Lipinski definition) is 3. The van der Waals surface area contributed by atoms with Gasteiger partial charge < -0.3 is 10.2 Å². The number of hydrogen-bond donors (Lipinski definition) is 2. The SMILES string of the molecule is O=C=Cc1ccccc1C(c1c(Br)cc(O)cc1Br)c1c(Br)cc(O)cc1Br. The fourth-order valence-corrected chi connectivity index (χ4v) is 6.36. The van der Waals surface area contributed by atoms with Crippen molar-refractivity contribution in [2.75, 3.05) is 0 Å². The first kappa shape index (κ1) is 21.3. The Morgan fingerprint density at radius 3 is 1.64 bits per heavy atom. The maximum Gasteiger partial charge on any atom is 0.125 e. The van der Waals surface area contributed by atoms with E-state index < -0.39 is 0 Å². The van der Waals surface area contributed by atoms with Crippen LogP contribution in [0, 0.1) is 0 Å². The monoisotopic (exact) mass is 628 g/mol. The molecule has 0 fully saturated rings. The molecule has 0 spiro atoms. The van der Waals surface area contributed by atoms with Crippen LogP contribution in [0.3, 0.4) is 0 Å². The summed E-state index contributed by atoms with van der Waals surface area (Å²) in [6.45, 7) is 0. The fraction of sp³-hybridized carbons (Fsp3) is 0.0476. The van der Waals surface area contributed by atoms with Crippen molar-refractivity contribution in [3.63, 3.8) is 0 Å². The molecule has 0 saturated carbocycles. The van der Waals surface area contributed by atoms with Crippen LogP contribution in [-0.4, -0.2) is 16.2 Å². The lowest BCUT2D eigenvalue weighted by Gasteiger charge is -2.25. The Kier molecular flexibility index (Phi) is 6.84. The molecular weight excluding hydrogens is 620 g/mol. The Labute approximate surface area is 195 Å². The van der Waals surface area contributed by atoms with E-state index in [2.05, 4.69) is 63.7 Å². The smallest absolute Gasteiger partial charge is 0.125 e. The summed E-state index contributed by atoms with van der Waals surface area (Å²) in [4.78, 5) is 11.1. The Balaban J connectivity index is 2.43. The highest BCUT2D eigenvalue weighted by molar-refractivity contribution is 9.11. The third-order valence-electron chi connectivity index (χ3n) is 4.23. The van der Waals surface area contributed by atoms with Gasteiger partial charge in [0.2, 0.25) is 0 Å².